The zero-order valence-corrected chi connectivity index (χ0v) is 9.34. The predicted molar refractivity (Wildman–Crippen MR) is 56.9 cm³/mol. The van der Waals surface area contributed by atoms with Crippen LogP contribution < -0.4 is 5.73 Å². The van der Waals surface area contributed by atoms with Crippen LogP contribution in [0.15, 0.2) is 24.3 Å². The van der Waals surface area contributed by atoms with Gasteiger partial charge in [0.05, 0.1) is 6.54 Å². The summed E-state index contributed by atoms with van der Waals surface area (Å²) < 4.78 is 49.4. The first-order valence-corrected chi connectivity index (χ1v) is 5.06. The Bertz CT molecular complexity index is 347. The molecule has 2 N–H and O–H groups in total. The minimum absolute atomic E-state index is 0.0399. The van der Waals surface area contributed by atoms with E-state index in [1.54, 1.807) is 0 Å². The maximum atomic E-state index is 12.7. The van der Waals surface area contributed by atoms with Crippen LogP contribution in [0.25, 0.3) is 0 Å². The van der Waals surface area contributed by atoms with Crippen molar-refractivity contribution in [2.75, 3.05) is 20.1 Å². The molecule has 0 saturated carbocycles. The van der Waals surface area contributed by atoms with Crippen LogP contribution in [0, 0.1) is 5.82 Å². The fourth-order valence-electron chi connectivity index (χ4n) is 1.65. The number of alkyl halides is 3. The van der Waals surface area contributed by atoms with Crippen LogP contribution in [-0.4, -0.2) is 31.2 Å². The molecule has 17 heavy (non-hydrogen) atoms. The van der Waals surface area contributed by atoms with Gasteiger partial charge in [-0.15, -0.1) is 0 Å². The van der Waals surface area contributed by atoms with Crippen molar-refractivity contribution in [3.63, 3.8) is 0 Å². The monoisotopic (exact) mass is 250 g/mol. The minimum Gasteiger partial charge on any atom is -0.329 e. The molecule has 0 aromatic heterocycles. The number of rotatable bonds is 4. The summed E-state index contributed by atoms with van der Waals surface area (Å²) in [6.45, 7) is -1.01. The van der Waals surface area contributed by atoms with Gasteiger partial charge in [-0.2, -0.15) is 13.2 Å². The SMILES string of the molecule is CN(CC(F)(F)F)C(CN)c1ccc(F)cc1. The first-order valence-electron chi connectivity index (χ1n) is 5.06. The summed E-state index contributed by atoms with van der Waals surface area (Å²) in [5, 5.41) is 0. The van der Waals surface area contributed by atoms with Crippen molar-refractivity contribution >= 4 is 0 Å². The first-order chi connectivity index (χ1) is 7.83. The van der Waals surface area contributed by atoms with Gasteiger partial charge in [0.15, 0.2) is 0 Å². The van der Waals surface area contributed by atoms with Crippen LogP contribution in [0.3, 0.4) is 0 Å². The molecule has 1 aromatic rings. The molecule has 0 aliphatic carbocycles. The number of halogens is 4. The zero-order chi connectivity index (χ0) is 13.1. The molecular weight excluding hydrogens is 236 g/mol. The van der Waals surface area contributed by atoms with Gasteiger partial charge >= 0.3 is 6.18 Å². The summed E-state index contributed by atoms with van der Waals surface area (Å²) >= 11 is 0. The number of likely N-dealkylation sites (N-methyl/N-ethyl adjacent to an activating group) is 1. The molecule has 0 spiro atoms. The second kappa shape index (κ2) is 5.46. The lowest BCUT2D eigenvalue weighted by Gasteiger charge is -2.28. The molecule has 0 bridgehead atoms. The van der Waals surface area contributed by atoms with Gasteiger partial charge in [0.2, 0.25) is 0 Å². The molecule has 1 rings (SSSR count). The van der Waals surface area contributed by atoms with E-state index in [0.29, 0.717) is 5.56 Å². The molecular formula is C11H14F4N2. The van der Waals surface area contributed by atoms with Crippen molar-refractivity contribution in [3.05, 3.63) is 35.6 Å². The van der Waals surface area contributed by atoms with Crippen molar-refractivity contribution in [2.24, 2.45) is 5.73 Å². The maximum Gasteiger partial charge on any atom is 0.401 e. The Morgan fingerprint density at radius 1 is 1.24 bits per heavy atom. The molecule has 0 radical (unpaired) electrons. The Balaban J connectivity index is 2.80. The average Bonchev–Trinajstić information content (AvgIpc) is 2.19. The highest BCUT2D eigenvalue weighted by Crippen LogP contribution is 2.23. The van der Waals surface area contributed by atoms with Gasteiger partial charge in [-0.3, -0.25) is 4.90 Å². The fraction of sp³-hybridized carbons (Fsp3) is 0.455. The average molecular weight is 250 g/mol. The number of benzene rings is 1. The van der Waals surface area contributed by atoms with Crippen LogP contribution in [0.5, 0.6) is 0 Å². The van der Waals surface area contributed by atoms with Crippen molar-refractivity contribution in [1.29, 1.82) is 0 Å². The van der Waals surface area contributed by atoms with E-state index in [2.05, 4.69) is 0 Å². The molecule has 0 fully saturated rings. The molecule has 96 valence electrons. The van der Waals surface area contributed by atoms with Gasteiger partial charge in [-0.05, 0) is 24.7 Å². The van der Waals surface area contributed by atoms with E-state index in [9.17, 15) is 17.6 Å². The third-order valence-electron chi connectivity index (χ3n) is 2.44. The highest BCUT2D eigenvalue weighted by atomic mass is 19.4. The molecule has 1 atom stereocenters. The standard InChI is InChI=1S/C11H14F4N2/c1-17(7-11(13,14)15)10(6-16)8-2-4-9(12)5-3-8/h2-5,10H,6-7,16H2,1H3. The van der Waals surface area contributed by atoms with Crippen LogP contribution in [0.1, 0.15) is 11.6 Å². The summed E-state index contributed by atoms with van der Waals surface area (Å²) in [5.41, 5.74) is 6.03. The smallest absolute Gasteiger partial charge is 0.329 e. The van der Waals surface area contributed by atoms with E-state index in [4.69, 9.17) is 5.73 Å². The molecule has 0 aliphatic heterocycles. The normalized spacial score (nSPS) is 14.1. The van der Waals surface area contributed by atoms with Crippen molar-refractivity contribution < 1.29 is 17.6 Å². The summed E-state index contributed by atoms with van der Waals surface area (Å²) in [5.74, 6) is -0.428. The third-order valence-corrected chi connectivity index (χ3v) is 2.44. The maximum absolute atomic E-state index is 12.7. The summed E-state index contributed by atoms with van der Waals surface area (Å²) in [7, 11) is 1.34. The topological polar surface area (TPSA) is 29.3 Å². The largest absolute Gasteiger partial charge is 0.401 e. The van der Waals surface area contributed by atoms with E-state index >= 15 is 0 Å². The molecule has 0 aliphatic rings. The van der Waals surface area contributed by atoms with Gasteiger partial charge < -0.3 is 5.73 Å². The van der Waals surface area contributed by atoms with Crippen LogP contribution >= 0.6 is 0 Å². The van der Waals surface area contributed by atoms with Crippen LogP contribution in [0.4, 0.5) is 17.6 Å². The molecule has 0 saturated heterocycles. The van der Waals surface area contributed by atoms with E-state index < -0.39 is 24.6 Å². The molecule has 6 heteroatoms. The van der Waals surface area contributed by atoms with E-state index in [1.807, 2.05) is 0 Å². The van der Waals surface area contributed by atoms with Gasteiger partial charge in [0.25, 0.3) is 0 Å². The molecule has 0 amide bonds. The zero-order valence-electron chi connectivity index (χ0n) is 9.34. The Labute approximate surface area is 97.0 Å². The van der Waals surface area contributed by atoms with Crippen LogP contribution in [0.2, 0.25) is 0 Å². The predicted octanol–water partition coefficient (Wildman–Crippen LogP) is 2.32. The third kappa shape index (κ3) is 4.32. The second-order valence-electron chi connectivity index (χ2n) is 3.83. The molecule has 2 nitrogen and oxygen atoms in total. The highest BCUT2D eigenvalue weighted by Gasteiger charge is 2.32. The second-order valence-corrected chi connectivity index (χ2v) is 3.83. The number of nitrogens with two attached hydrogens (primary N) is 1. The molecule has 0 heterocycles. The van der Waals surface area contributed by atoms with E-state index in [0.717, 1.165) is 4.90 Å². The van der Waals surface area contributed by atoms with Crippen molar-refractivity contribution in [3.8, 4) is 0 Å². The Hall–Kier alpha value is -1.14. The lowest BCUT2D eigenvalue weighted by atomic mass is 10.1. The minimum atomic E-state index is -4.28. The lowest BCUT2D eigenvalue weighted by Crippen LogP contribution is -2.37. The Morgan fingerprint density at radius 2 is 1.76 bits per heavy atom. The van der Waals surface area contributed by atoms with Gasteiger partial charge in [0, 0.05) is 12.6 Å². The fourth-order valence-corrected chi connectivity index (χ4v) is 1.65. The number of hydrogen-bond acceptors (Lipinski definition) is 2. The number of hydrogen-bond donors (Lipinski definition) is 1. The van der Waals surface area contributed by atoms with Gasteiger partial charge in [-0.25, -0.2) is 4.39 Å². The molecule has 1 aromatic carbocycles. The quantitative estimate of drug-likeness (QED) is 0.831. The van der Waals surface area contributed by atoms with Gasteiger partial charge in [-0.1, -0.05) is 12.1 Å². The molecule has 1 unspecified atom stereocenters. The summed E-state index contributed by atoms with van der Waals surface area (Å²) in [6, 6.07) is 4.73. The summed E-state index contributed by atoms with van der Waals surface area (Å²) in [6.07, 6.45) is -4.28. The Morgan fingerprint density at radius 3 is 2.18 bits per heavy atom. The number of nitrogens with zero attached hydrogens (tertiary/aromatic N) is 1. The van der Waals surface area contributed by atoms with Crippen molar-refractivity contribution in [2.45, 2.75) is 12.2 Å². The van der Waals surface area contributed by atoms with E-state index in [1.165, 1.54) is 31.3 Å². The summed E-state index contributed by atoms with van der Waals surface area (Å²) in [4.78, 5) is 1.10. The first kappa shape index (κ1) is 13.9. The highest BCUT2D eigenvalue weighted by molar-refractivity contribution is 5.20. The lowest BCUT2D eigenvalue weighted by molar-refractivity contribution is -0.147. The Kier molecular flexibility index (Phi) is 4.47. The van der Waals surface area contributed by atoms with Crippen LogP contribution in [-0.2, 0) is 0 Å². The van der Waals surface area contributed by atoms with Crippen molar-refractivity contribution in [1.82, 2.24) is 4.90 Å². The van der Waals surface area contributed by atoms with Gasteiger partial charge in [0.1, 0.15) is 5.82 Å². The van der Waals surface area contributed by atoms with E-state index in [-0.39, 0.29) is 6.54 Å².